The molecule has 1 amide bonds. The fourth-order valence-electron chi connectivity index (χ4n) is 1.78. The van der Waals surface area contributed by atoms with Gasteiger partial charge in [0.15, 0.2) is 0 Å². The maximum atomic E-state index is 11.6. The average molecular weight is 290 g/mol. The molecule has 106 valence electrons. The smallest absolute Gasteiger partial charge is 0.224 e. The molecule has 0 saturated carbocycles. The van der Waals surface area contributed by atoms with Gasteiger partial charge in [0.25, 0.3) is 0 Å². The lowest BCUT2D eigenvalue weighted by Crippen LogP contribution is -2.13. The number of anilines is 1. The van der Waals surface area contributed by atoms with Crippen LogP contribution >= 0.6 is 11.3 Å². The third kappa shape index (κ3) is 4.15. The standard InChI is InChI=1S/C15H18N2O2S/c1-10(18)3-8-15(19)17-13-6-4-12(5-7-13)14-9-20-11(2)16-14/h4-7,9-10,18H,3,8H2,1-2H3,(H,17,19). The summed E-state index contributed by atoms with van der Waals surface area (Å²) in [4.78, 5) is 16.1. The third-order valence-electron chi connectivity index (χ3n) is 2.87. The summed E-state index contributed by atoms with van der Waals surface area (Å²) in [5.41, 5.74) is 2.76. The molecule has 5 heteroatoms. The lowest BCUT2D eigenvalue weighted by atomic mass is 10.1. The number of benzene rings is 1. The molecular formula is C15H18N2O2S. The first-order valence-corrected chi connectivity index (χ1v) is 7.43. The Morgan fingerprint density at radius 2 is 2.10 bits per heavy atom. The van der Waals surface area contributed by atoms with E-state index in [1.165, 1.54) is 0 Å². The van der Waals surface area contributed by atoms with E-state index in [-0.39, 0.29) is 5.91 Å². The molecule has 20 heavy (non-hydrogen) atoms. The minimum Gasteiger partial charge on any atom is -0.393 e. The van der Waals surface area contributed by atoms with Crippen molar-refractivity contribution in [3.63, 3.8) is 0 Å². The Morgan fingerprint density at radius 1 is 1.40 bits per heavy atom. The van der Waals surface area contributed by atoms with E-state index in [9.17, 15) is 4.79 Å². The summed E-state index contributed by atoms with van der Waals surface area (Å²) in [5, 5.41) is 15.0. The van der Waals surface area contributed by atoms with E-state index in [2.05, 4.69) is 10.3 Å². The molecule has 1 aromatic carbocycles. The quantitative estimate of drug-likeness (QED) is 0.888. The van der Waals surface area contributed by atoms with Crippen LogP contribution in [0.5, 0.6) is 0 Å². The van der Waals surface area contributed by atoms with E-state index in [1.807, 2.05) is 36.6 Å². The summed E-state index contributed by atoms with van der Waals surface area (Å²) < 4.78 is 0. The van der Waals surface area contributed by atoms with Gasteiger partial charge in [-0.3, -0.25) is 4.79 Å². The van der Waals surface area contributed by atoms with Crippen molar-refractivity contribution in [1.29, 1.82) is 0 Å². The van der Waals surface area contributed by atoms with Crippen molar-refractivity contribution in [2.75, 3.05) is 5.32 Å². The first kappa shape index (κ1) is 14.7. The SMILES string of the molecule is Cc1nc(-c2ccc(NC(=O)CCC(C)O)cc2)cs1. The van der Waals surface area contributed by atoms with Crippen LogP contribution in [0.15, 0.2) is 29.6 Å². The van der Waals surface area contributed by atoms with Crippen LogP contribution in [0.25, 0.3) is 11.3 Å². The van der Waals surface area contributed by atoms with Crippen molar-refractivity contribution in [3.05, 3.63) is 34.7 Å². The Kier molecular flexibility index (Phi) is 4.87. The van der Waals surface area contributed by atoms with Crippen LogP contribution < -0.4 is 5.32 Å². The van der Waals surface area contributed by atoms with Gasteiger partial charge < -0.3 is 10.4 Å². The van der Waals surface area contributed by atoms with Crippen LogP contribution in [-0.2, 0) is 4.79 Å². The molecule has 0 spiro atoms. The van der Waals surface area contributed by atoms with Crippen LogP contribution in [-0.4, -0.2) is 22.1 Å². The number of amides is 1. The van der Waals surface area contributed by atoms with Gasteiger partial charge in [-0.1, -0.05) is 12.1 Å². The number of rotatable bonds is 5. The van der Waals surface area contributed by atoms with Gasteiger partial charge in [-0.2, -0.15) is 0 Å². The van der Waals surface area contributed by atoms with Gasteiger partial charge in [-0.25, -0.2) is 4.98 Å². The topological polar surface area (TPSA) is 62.2 Å². The molecule has 2 rings (SSSR count). The number of aryl methyl sites for hydroxylation is 1. The Bertz CT molecular complexity index is 576. The molecule has 1 unspecified atom stereocenters. The van der Waals surface area contributed by atoms with Crippen molar-refractivity contribution in [1.82, 2.24) is 4.98 Å². The van der Waals surface area contributed by atoms with Crippen molar-refractivity contribution < 1.29 is 9.90 Å². The number of hydrogen-bond acceptors (Lipinski definition) is 4. The van der Waals surface area contributed by atoms with Crippen molar-refractivity contribution in [3.8, 4) is 11.3 Å². The first-order chi connectivity index (χ1) is 9.54. The number of thiazole rings is 1. The van der Waals surface area contributed by atoms with E-state index >= 15 is 0 Å². The van der Waals surface area contributed by atoms with E-state index in [4.69, 9.17) is 5.11 Å². The number of carbonyl (C=O) groups is 1. The number of aliphatic hydroxyl groups excluding tert-OH is 1. The highest BCUT2D eigenvalue weighted by atomic mass is 32.1. The van der Waals surface area contributed by atoms with E-state index < -0.39 is 6.10 Å². The molecular weight excluding hydrogens is 272 g/mol. The number of nitrogens with one attached hydrogen (secondary N) is 1. The number of aromatic nitrogens is 1. The zero-order valence-corrected chi connectivity index (χ0v) is 12.4. The van der Waals surface area contributed by atoms with Gasteiger partial charge >= 0.3 is 0 Å². The van der Waals surface area contributed by atoms with Crippen molar-refractivity contribution in [2.24, 2.45) is 0 Å². The lowest BCUT2D eigenvalue weighted by molar-refractivity contribution is -0.116. The van der Waals surface area contributed by atoms with Gasteiger partial charge in [0.05, 0.1) is 16.8 Å². The molecule has 0 radical (unpaired) electrons. The molecule has 4 nitrogen and oxygen atoms in total. The molecule has 0 aliphatic carbocycles. The molecule has 0 aliphatic heterocycles. The summed E-state index contributed by atoms with van der Waals surface area (Å²) in [5.74, 6) is -0.0804. The highest BCUT2D eigenvalue weighted by Gasteiger charge is 2.06. The summed E-state index contributed by atoms with van der Waals surface area (Å²) in [6, 6.07) is 7.62. The second-order valence-electron chi connectivity index (χ2n) is 4.76. The molecule has 2 aromatic rings. The van der Waals surface area contributed by atoms with Gasteiger partial charge in [-0.05, 0) is 32.4 Å². The van der Waals surface area contributed by atoms with E-state index in [0.29, 0.717) is 12.8 Å². The summed E-state index contributed by atoms with van der Waals surface area (Å²) in [6.07, 6.45) is 0.350. The van der Waals surface area contributed by atoms with Gasteiger partial charge in [-0.15, -0.1) is 11.3 Å². The van der Waals surface area contributed by atoms with Crippen LogP contribution in [0.2, 0.25) is 0 Å². The number of carbonyl (C=O) groups excluding carboxylic acids is 1. The normalized spacial score (nSPS) is 12.2. The van der Waals surface area contributed by atoms with Crippen LogP contribution in [0.4, 0.5) is 5.69 Å². The molecule has 2 N–H and O–H groups in total. The van der Waals surface area contributed by atoms with E-state index in [1.54, 1.807) is 18.3 Å². The molecule has 0 aliphatic rings. The largest absolute Gasteiger partial charge is 0.393 e. The first-order valence-electron chi connectivity index (χ1n) is 6.55. The zero-order chi connectivity index (χ0) is 14.5. The number of nitrogens with zero attached hydrogens (tertiary/aromatic N) is 1. The fourth-order valence-corrected chi connectivity index (χ4v) is 2.41. The Morgan fingerprint density at radius 3 is 2.65 bits per heavy atom. The summed E-state index contributed by atoms with van der Waals surface area (Å²) in [6.45, 7) is 3.66. The molecule has 0 fully saturated rings. The number of aliphatic hydroxyl groups is 1. The Labute approximate surface area is 122 Å². The molecule has 1 heterocycles. The van der Waals surface area contributed by atoms with Crippen LogP contribution in [0.3, 0.4) is 0 Å². The molecule has 1 atom stereocenters. The maximum Gasteiger partial charge on any atom is 0.224 e. The molecule has 1 aromatic heterocycles. The minimum absolute atomic E-state index is 0.0804. The molecule has 0 bridgehead atoms. The number of hydrogen-bond donors (Lipinski definition) is 2. The maximum absolute atomic E-state index is 11.6. The second kappa shape index (κ2) is 6.63. The lowest BCUT2D eigenvalue weighted by Gasteiger charge is -2.07. The summed E-state index contributed by atoms with van der Waals surface area (Å²) >= 11 is 1.62. The van der Waals surface area contributed by atoms with Crippen molar-refractivity contribution >= 4 is 22.9 Å². The Hall–Kier alpha value is -1.72. The van der Waals surface area contributed by atoms with Gasteiger partial charge in [0.1, 0.15) is 0 Å². The monoisotopic (exact) mass is 290 g/mol. The van der Waals surface area contributed by atoms with Gasteiger partial charge in [0.2, 0.25) is 5.91 Å². The van der Waals surface area contributed by atoms with Crippen LogP contribution in [0, 0.1) is 6.92 Å². The van der Waals surface area contributed by atoms with Crippen LogP contribution in [0.1, 0.15) is 24.8 Å². The highest BCUT2D eigenvalue weighted by Crippen LogP contribution is 2.23. The average Bonchev–Trinajstić information content (AvgIpc) is 2.84. The zero-order valence-electron chi connectivity index (χ0n) is 11.6. The fraction of sp³-hybridized carbons (Fsp3) is 0.333. The third-order valence-corrected chi connectivity index (χ3v) is 3.65. The molecule has 0 saturated heterocycles. The predicted molar refractivity (Wildman–Crippen MR) is 81.8 cm³/mol. The predicted octanol–water partition coefficient (Wildman–Crippen LogP) is 3.22. The summed E-state index contributed by atoms with van der Waals surface area (Å²) in [7, 11) is 0. The second-order valence-corrected chi connectivity index (χ2v) is 5.83. The minimum atomic E-state index is -0.448. The Balaban J connectivity index is 1.96. The highest BCUT2D eigenvalue weighted by molar-refractivity contribution is 7.09. The van der Waals surface area contributed by atoms with E-state index in [0.717, 1.165) is 22.0 Å². The van der Waals surface area contributed by atoms with Crippen molar-refractivity contribution in [2.45, 2.75) is 32.8 Å². The van der Waals surface area contributed by atoms with Gasteiger partial charge in [0, 0.05) is 23.1 Å².